The molecule has 3 rings (SSSR count). The first-order valence-corrected chi connectivity index (χ1v) is 8.77. The number of nitrogens with zero attached hydrogens (tertiary/aromatic N) is 1. The SMILES string of the molecule is COc1ccc(NC(=O)[C@H](C)Nc2cccc(CN3CCOC3=O)c2)cc1. The molecular weight excluding hydrogens is 346 g/mol. The number of nitrogens with one attached hydrogen (secondary N) is 2. The van der Waals surface area contributed by atoms with Crippen LogP contribution < -0.4 is 15.4 Å². The van der Waals surface area contributed by atoms with Crippen LogP contribution >= 0.6 is 0 Å². The molecule has 0 unspecified atom stereocenters. The minimum absolute atomic E-state index is 0.145. The normalized spacial score (nSPS) is 14.4. The zero-order valence-corrected chi connectivity index (χ0v) is 15.4. The molecule has 2 aromatic rings. The molecule has 0 bridgehead atoms. The first kappa shape index (κ1) is 18.6. The number of carbonyl (C=O) groups excluding carboxylic acids is 2. The Balaban J connectivity index is 1.57. The highest BCUT2D eigenvalue weighted by Gasteiger charge is 2.22. The Hall–Kier alpha value is -3.22. The number of methoxy groups -OCH3 is 1. The number of anilines is 2. The highest BCUT2D eigenvalue weighted by Crippen LogP contribution is 2.18. The number of amides is 2. The van der Waals surface area contributed by atoms with Crippen molar-refractivity contribution in [3.05, 3.63) is 54.1 Å². The van der Waals surface area contributed by atoms with E-state index in [-0.39, 0.29) is 12.0 Å². The van der Waals surface area contributed by atoms with Crippen LogP contribution in [-0.4, -0.2) is 43.2 Å². The van der Waals surface area contributed by atoms with E-state index in [2.05, 4.69) is 10.6 Å². The summed E-state index contributed by atoms with van der Waals surface area (Å²) in [6.45, 7) is 3.31. The monoisotopic (exact) mass is 369 g/mol. The van der Waals surface area contributed by atoms with Gasteiger partial charge >= 0.3 is 6.09 Å². The molecule has 7 heteroatoms. The fourth-order valence-corrected chi connectivity index (χ4v) is 2.79. The van der Waals surface area contributed by atoms with Gasteiger partial charge in [-0.3, -0.25) is 4.79 Å². The lowest BCUT2D eigenvalue weighted by Crippen LogP contribution is -2.32. The lowest BCUT2D eigenvalue weighted by molar-refractivity contribution is -0.116. The summed E-state index contributed by atoms with van der Waals surface area (Å²) in [4.78, 5) is 25.6. The van der Waals surface area contributed by atoms with Crippen LogP contribution in [0.25, 0.3) is 0 Å². The maximum absolute atomic E-state index is 12.4. The molecule has 0 aliphatic carbocycles. The second-order valence-electron chi connectivity index (χ2n) is 6.32. The van der Waals surface area contributed by atoms with Gasteiger partial charge in [0.15, 0.2) is 0 Å². The molecule has 0 aromatic heterocycles. The zero-order chi connectivity index (χ0) is 19.2. The second kappa shape index (κ2) is 8.44. The van der Waals surface area contributed by atoms with E-state index in [1.807, 2.05) is 24.3 Å². The summed E-state index contributed by atoms with van der Waals surface area (Å²) in [7, 11) is 1.60. The van der Waals surface area contributed by atoms with E-state index in [0.717, 1.165) is 17.0 Å². The Morgan fingerprint density at radius 2 is 2.00 bits per heavy atom. The van der Waals surface area contributed by atoms with E-state index in [9.17, 15) is 9.59 Å². The molecule has 2 amide bonds. The Bertz CT molecular complexity index is 807. The molecule has 1 saturated heterocycles. The summed E-state index contributed by atoms with van der Waals surface area (Å²) in [6, 6.07) is 14.4. The Labute approximate surface area is 158 Å². The Morgan fingerprint density at radius 3 is 2.67 bits per heavy atom. The third-order valence-corrected chi connectivity index (χ3v) is 4.28. The first-order valence-electron chi connectivity index (χ1n) is 8.77. The number of hydrogen-bond donors (Lipinski definition) is 2. The highest BCUT2D eigenvalue weighted by molar-refractivity contribution is 5.96. The van der Waals surface area contributed by atoms with Crippen molar-refractivity contribution >= 4 is 23.4 Å². The first-order chi connectivity index (χ1) is 13.0. The summed E-state index contributed by atoms with van der Waals surface area (Å²) >= 11 is 0. The lowest BCUT2D eigenvalue weighted by atomic mass is 10.1. The van der Waals surface area contributed by atoms with E-state index in [1.165, 1.54) is 0 Å². The summed E-state index contributed by atoms with van der Waals surface area (Å²) in [5, 5.41) is 6.06. The number of benzene rings is 2. The van der Waals surface area contributed by atoms with Crippen LogP contribution in [0.5, 0.6) is 5.75 Å². The van der Waals surface area contributed by atoms with Gasteiger partial charge in [0.05, 0.1) is 13.7 Å². The van der Waals surface area contributed by atoms with Gasteiger partial charge < -0.3 is 25.0 Å². The second-order valence-corrected chi connectivity index (χ2v) is 6.32. The predicted molar refractivity (Wildman–Crippen MR) is 103 cm³/mol. The van der Waals surface area contributed by atoms with Crippen LogP contribution in [0, 0.1) is 0 Å². The number of hydrogen-bond acceptors (Lipinski definition) is 5. The molecule has 2 N–H and O–H groups in total. The van der Waals surface area contributed by atoms with E-state index in [0.29, 0.717) is 25.4 Å². The van der Waals surface area contributed by atoms with Gasteiger partial charge in [0.2, 0.25) is 5.91 Å². The van der Waals surface area contributed by atoms with Gasteiger partial charge in [0.1, 0.15) is 18.4 Å². The molecule has 7 nitrogen and oxygen atoms in total. The van der Waals surface area contributed by atoms with Gasteiger partial charge in [0.25, 0.3) is 0 Å². The van der Waals surface area contributed by atoms with Crippen molar-refractivity contribution in [3.63, 3.8) is 0 Å². The van der Waals surface area contributed by atoms with Crippen LogP contribution in [0.4, 0.5) is 16.2 Å². The average molecular weight is 369 g/mol. The summed E-state index contributed by atoms with van der Waals surface area (Å²) in [6.07, 6.45) is -0.291. The van der Waals surface area contributed by atoms with E-state index in [1.54, 1.807) is 43.2 Å². The molecule has 1 aliphatic heterocycles. The molecular formula is C20H23N3O4. The summed E-state index contributed by atoms with van der Waals surface area (Å²) < 4.78 is 10.1. The van der Waals surface area contributed by atoms with Crippen LogP contribution in [0.3, 0.4) is 0 Å². The van der Waals surface area contributed by atoms with Crippen molar-refractivity contribution in [1.82, 2.24) is 4.90 Å². The largest absolute Gasteiger partial charge is 0.497 e. The minimum atomic E-state index is -0.431. The van der Waals surface area contributed by atoms with E-state index >= 15 is 0 Å². The van der Waals surface area contributed by atoms with Gasteiger partial charge in [-0.1, -0.05) is 12.1 Å². The number of rotatable bonds is 7. The smallest absolute Gasteiger partial charge is 0.410 e. The zero-order valence-electron chi connectivity index (χ0n) is 15.4. The third-order valence-electron chi connectivity index (χ3n) is 4.28. The molecule has 2 aromatic carbocycles. The van der Waals surface area contributed by atoms with E-state index in [4.69, 9.17) is 9.47 Å². The molecule has 142 valence electrons. The van der Waals surface area contributed by atoms with Gasteiger partial charge in [-0.25, -0.2) is 4.79 Å². The standard InChI is InChI=1S/C20H23N3O4/c1-14(19(24)22-16-6-8-18(26-2)9-7-16)21-17-5-3-4-15(12-17)13-23-10-11-27-20(23)25/h3-9,12,14,21H,10-11,13H2,1-2H3,(H,22,24)/t14-/m0/s1. The minimum Gasteiger partial charge on any atom is -0.497 e. The molecule has 0 radical (unpaired) electrons. The molecule has 1 fully saturated rings. The van der Waals surface area contributed by atoms with Gasteiger partial charge in [-0.2, -0.15) is 0 Å². The van der Waals surface area contributed by atoms with Crippen molar-refractivity contribution in [2.45, 2.75) is 19.5 Å². The fourth-order valence-electron chi connectivity index (χ4n) is 2.79. The topological polar surface area (TPSA) is 79.9 Å². The van der Waals surface area contributed by atoms with Crippen LogP contribution in [0.15, 0.2) is 48.5 Å². The average Bonchev–Trinajstić information content (AvgIpc) is 3.07. The highest BCUT2D eigenvalue weighted by atomic mass is 16.6. The quantitative estimate of drug-likeness (QED) is 0.784. The third kappa shape index (κ3) is 4.91. The maximum Gasteiger partial charge on any atom is 0.410 e. The molecule has 27 heavy (non-hydrogen) atoms. The number of cyclic esters (lactones) is 1. The van der Waals surface area contributed by atoms with Crippen molar-refractivity contribution in [1.29, 1.82) is 0 Å². The van der Waals surface area contributed by atoms with Crippen LogP contribution in [0.1, 0.15) is 12.5 Å². The molecule has 1 atom stereocenters. The molecule has 1 aliphatic rings. The van der Waals surface area contributed by atoms with Crippen molar-refractivity contribution in [3.8, 4) is 5.75 Å². The van der Waals surface area contributed by atoms with Crippen molar-refractivity contribution in [2.75, 3.05) is 30.9 Å². The van der Waals surface area contributed by atoms with E-state index < -0.39 is 6.04 Å². The van der Waals surface area contributed by atoms with Crippen molar-refractivity contribution in [2.24, 2.45) is 0 Å². The Morgan fingerprint density at radius 1 is 1.22 bits per heavy atom. The fraction of sp³-hybridized carbons (Fsp3) is 0.300. The van der Waals surface area contributed by atoms with Crippen molar-refractivity contribution < 1.29 is 19.1 Å². The Kier molecular flexibility index (Phi) is 5.80. The molecule has 0 saturated carbocycles. The number of carbonyl (C=O) groups is 2. The lowest BCUT2D eigenvalue weighted by Gasteiger charge is -2.17. The maximum atomic E-state index is 12.4. The molecule has 1 heterocycles. The number of ether oxygens (including phenoxy) is 2. The van der Waals surface area contributed by atoms with Gasteiger partial charge in [0, 0.05) is 17.9 Å². The predicted octanol–water partition coefficient (Wildman–Crippen LogP) is 3.09. The summed E-state index contributed by atoms with van der Waals surface area (Å²) in [5.74, 6) is 0.589. The van der Waals surface area contributed by atoms with Crippen LogP contribution in [0.2, 0.25) is 0 Å². The van der Waals surface area contributed by atoms with Gasteiger partial charge in [-0.15, -0.1) is 0 Å². The summed E-state index contributed by atoms with van der Waals surface area (Å²) in [5.41, 5.74) is 2.50. The van der Waals surface area contributed by atoms with Crippen LogP contribution in [-0.2, 0) is 16.1 Å². The van der Waals surface area contributed by atoms with Gasteiger partial charge in [-0.05, 0) is 48.9 Å². The molecule has 0 spiro atoms.